The largest absolute Gasteiger partial charge is 0.472 e. The molecule has 3 N–H and O–H groups in total. The van der Waals surface area contributed by atoms with Gasteiger partial charge >= 0.3 is 39.5 Å². The minimum atomic E-state index is -4.98. The number of phosphoric ester groups is 2. The van der Waals surface area contributed by atoms with Gasteiger partial charge in [0.15, 0.2) is 12.2 Å². The molecular formula is C81H148O17P2. The lowest BCUT2D eigenvalue weighted by Gasteiger charge is -2.21. The van der Waals surface area contributed by atoms with Crippen LogP contribution >= 0.6 is 15.6 Å². The van der Waals surface area contributed by atoms with Gasteiger partial charge in [-0.15, -0.1) is 0 Å². The highest BCUT2D eigenvalue weighted by molar-refractivity contribution is 7.47. The van der Waals surface area contributed by atoms with Crippen LogP contribution in [0.25, 0.3) is 0 Å². The lowest BCUT2D eigenvalue weighted by atomic mass is 10.1. The minimum absolute atomic E-state index is 0.0817. The molecule has 100 heavy (non-hydrogen) atoms. The van der Waals surface area contributed by atoms with Crippen molar-refractivity contribution in [3.05, 3.63) is 60.8 Å². The van der Waals surface area contributed by atoms with E-state index in [9.17, 15) is 43.2 Å². The third kappa shape index (κ3) is 73.1. The molecule has 584 valence electrons. The van der Waals surface area contributed by atoms with Gasteiger partial charge in [0.05, 0.1) is 26.4 Å². The van der Waals surface area contributed by atoms with Crippen molar-refractivity contribution in [1.29, 1.82) is 0 Å². The summed E-state index contributed by atoms with van der Waals surface area (Å²) >= 11 is 0. The molecule has 0 amide bonds. The smallest absolute Gasteiger partial charge is 0.462 e. The summed E-state index contributed by atoms with van der Waals surface area (Å²) in [6, 6.07) is 0. The molecule has 0 radical (unpaired) electrons. The Morgan fingerprint density at radius 1 is 0.280 bits per heavy atom. The first-order valence-electron chi connectivity index (χ1n) is 40.5. The Bertz CT molecular complexity index is 2130. The van der Waals surface area contributed by atoms with E-state index in [-0.39, 0.29) is 25.7 Å². The number of hydrogen-bond donors (Lipinski definition) is 3. The van der Waals surface area contributed by atoms with Crippen LogP contribution in [0.3, 0.4) is 0 Å². The third-order valence-electron chi connectivity index (χ3n) is 17.4. The summed E-state index contributed by atoms with van der Waals surface area (Å²) in [5, 5.41) is 10.6. The normalized spacial score (nSPS) is 14.2. The number of unbranched alkanes of at least 4 members (excludes halogenated alkanes) is 41. The highest BCUT2D eigenvalue weighted by atomic mass is 31.2. The van der Waals surface area contributed by atoms with Gasteiger partial charge in [0.25, 0.3) is 0 Å². The molecular weight excluding hydrogens is 1310 g/mol. The van der Waals surface area contributed by atoms with Crippen molar-refractivity contribution in [2.75, 3.05) is 39.6 Å². The second kappa shape index (κ2) is 74.0. The quantitative estimate of drug-likeness (QED) is 0.0169. The van der Waals surface area contributed by atoms with E-state index in [0.29, 0.717) is 25.7 Å². The van der Waals surface area contributed by atoms with Crippen molar-refractivity contribution in [2.24, 2.45) is 0 Å². The Morgan fingerprint density at radius 3 is 0.780 bits per heavy atom. The van der Waals surface area contributed by atoms with Crippen LogP contribution in [0, 0.1) is 0 Å². The van der Waals surface area contributed by atoms with E-state index in [2.05, 4.69) is 88.5 Å². The van der Waals surface area contributed by atoms with E-state index in [1.807, 2.05) is 0 Å². The van der Waals surface area contributed by atoms with E-state index in [4.69, 9.17) is 37.0 Å². The Hall–Kier alpha value is -3.24. The van der Waals surface area contributed by atoms with Crippen LogP contribution < -0.4 is 0 Å². The summed E-state index contributed by atoms with van der Waals surface area (Å²) < 4.78 is 68.6. The Kier molecular flexibility index (Phi) is 71.6. The maximum Gasteiger partial charge on any atom is 0.472 e. The fraction of sp³-hybridized carbons (Fsp3) is 0.827. The first-order chi connectivity index (χ1) is 48.7. The molecule has 0 saturated heterocycles. The zero-order valence-electron chi connectivity index (χ0n) is 63.9. The number of carbonyl (C=O) groups is 4. The van der Waals surface area contributed by atoms with E-state index in [0.717, 1.165) is 161 Å². The van der Waals surface area contributed by atoms with Crippen LogP contribution in [0.2, 0.25) is 0 Å². The topological polar surface area (TPSA) is 237 Å². The summed E-state index contributed by atoms with van der Waals surface area (Å²) in [6.07, 6.45) is 73.3. The number of allylic oxidation sites excluding steroid dienone is 10. The standard InChI is InChI=1S/C81H148O17P2/c1-5-9-13-17-21-25-29-33-37-41-45-49-53-57-61-65-78(83)91-71-76(97-80(85)67-63-59-55-51-47-43-39-35-31-27-23-19-15-11-7-3)73-95-99(87,88)93-69-75(82)70-94-100(89,90)96-74-77(98-81(86)68-64-60-56-52-48-44-40-36-32-28-24-20-16-12-8-4)72-92-79(84)66-62-58-54-50-46-42-38-34-30-26-22-18-14-10-6-2/h23,25,27,29,34-36,38-40,75-77,82H,5-22,24,26,28,30-33,37,41-74H2,1-4H3,(H,87,88)(H,89,90)/b27-23-,29-25-,38-34-,39-35-,40-36-/t75-,76+,77+/m0/s1. The van der Waals surface area contributed by atoms with Crippen molar-refractivity contribution in [3.63, 3.8) is 0 Å². The number of ether oxygens (including phenoxy) is 4. The van der Waals surface area contributed by atoms with Gasteiger partial charge in [-0.2, -0.15) is 0 Å². The monoisotopic (exact) mass is 1460 g/mol. The molecule has 0 fully saturated rings. The average Bonchev–Trinajstić information content (AvgIpc) is 1.25. The van der Waals surface area contributed by atoms with Crippen molar-refractivity contribution < 1.29 is 80.2 Å². The molecule has 0 aromatic carbocycles. The van der Waals surface area contributed by atoms with Gasteiger partial charge in [0.1, 0.15) is 19.3 Å². The van der Waals surface area contributed by atoms with E-state index in [1.165, 1.54) is 135 Å². The van der Waals surface area contributed by atoms with E-state index in [1.54, 1.807) is 0 Å². The van der Waals surface area contributed by atoms with Gasteiger partial charge in [0, 0.05) is 25.7 Å². The molecule has 0 aromatic heterocycles. The van der Waals surface area contributed by atoms with Crippen LogP contribution in [0.4, 0.5) is 0 Å². The molecule has 19 heteroatoms. The van der Waals surface area contributed by atoms with E-state index < -0.39 is 97.5 Å². The molecule has 17 nitrogen and oxygen atoms in total. The fourth-order valence-corrected chi connectivity index (χ4v) is 12.8. The first kappa shape index (κ1) is 96.8. The van der Waals surface area contributed by atoms with Gasteiger partial charge in [-0.1, -0.05) is 275 Å². The second-order valence-electron chi connectivity index (χ2n) is 27.3. The summed E-state index contributed by atoms with van der Waals surface area (Å²) in [6.45, 7) is 4.86. The molecule has 0 aliphatic heterocycles. The van der Waals surface area contributed by atoms with Gasteiger partial charge < -0.3 is 33.8 Å². The maximum atomic E-state index is 13.1. The Morgan fingerprint density at radius 2 is 0.490 bits per heavy atom. The summed E-state index contributed by atoms with van der Waals surface area (Å²) in [5.41, 5.74) is 0. The lowest BCUT2D eigenvalue weighted by molar-refractivity contribution is -0.161. The third-order valence-corrected chi connectivity index (χ3v) is 19.3. The number of hydrogen-bond acceptors (Lipinski definition) is 15. The van der Waals surface area contributed by atoms with Crippen molar-refractivity contribution >= 4 is 39.5 Å². The Labute approximate surface area is 610 Å². The van der Waals surface area contributed by atoms with Crippen molar-refractivity contribution in [3.8, 4) is 0 Å². The average molecular weight is 1460 g/mol. The zero-order chi connectivity index (χ0) is 73.2. The maximum absolute atomic E-state index is 13.1. The zero-order valence-corrected chi connectivity index (χ0v) is 65.7. The summed E-state index contributed by atoms with van der Waals surface area (Å²) in [4.78, 5) is 73.0. The van der Waals surface area contributed by atoms with Gasteiger partial charge in [-0.05, 0) is 135 Å². The first-order valence-corrected chi connectivity index (χ1v) is 43.5. The number of esters is 4. The van der Waals surface area contributed by atoms with Crippen LogP contribution in [-0.2, 0) is 65.4 Å². The molecule has 0 aliphatic carbocycles. The van der Waals surface area contributed by atoms with Gasteiger partial charge in [0.2, 0.25) is 0 Å². The second-order valence-corrected chi connectivity index (χ2v) is 30.3. The molecule has 0 heterocycles. The molecule has 2 unspecified atom stereocenters. The Balaban J connectivity index is 5.35. The highest BCUT2D eigenvalue weighted by Gasteiger charge is 2.30. The van der Waals surface area contributed by atoms with Crippen molar-refractivity contribution in [2.45, 2.75) is 393 Å². The SMILES string of the molecule is CCCCC/C=C\C/C=C\CCCCCCCC(=O)O[C@H](COC(=O)CCCCCCCCC/C=C\CCCCCC)COP(=O)(O)OC[C@H](O)COP(=O)(O)OC[C@@H](COC(=O)CCCCCCC/C=C\CCCCCCCC)OC(=O)CCCCCCC/C=C\CCCCCCCC. The summed E-state index contributed by atoms with van der Waals surface area (Å²) in [5.74, 6) is -2.18. The molecule has 0 aliphatic rings. The number of aliphatic hydroxyl groups is 1. The van der Waals surface area contributed by atoms with Gasteiger partial charge in [-0.25, -0.2) is 9.13 Å². The predicted octanol–water partition coefficient (Wildman–Crippen LogP) is 23.5. The number of phosphoric acid groups is 2. The van der Waals surface area contributed by atoms with Gasteiger partial charge in [-0.3, -0.25) is 37.3 Å². The number of aliphatic hydroxyl groups excluding tert-OH is 1. The van der Waals surface area contributed by atoms with Crippen LogP contribution in [-0.4, -0.2) is 96.7 Å². The van der Waals surface area contributed by atoms with Crippen LogP contribution in [0.1, 0.15) is 374 Å². The van der Waals surface area contributed by atoms with Crippen molar-refractivity contribution in [1.82, 2.24) is 0 Å². The number of carbonyl (C=O) groups excluding carboxylic acids is 4. The molecule has 5 atom stereocenters. The lowest BCUT2D eigenvalue weighted by Crippen LogP contribution is -2.30. The molecule has 0 bridgehead atoms. The predicted molar refractivity (Wildman–Crippen MR) is 409 cm³/mol. The van der Waals surface area contributed by atoms with Crippen LogP contribution in [0.5, 0.6) is 0 Å². The minimum Gasteiger partial charge on any atom is -0.462 e. The number of rotatable bonds is 77. The molecule has 0 aromatic rings. The van der Waals surface area contributed by atoms with Crippen LogP contribution in [0.15, 0.2) is 60.8 Å². The van der Waals surface area contributed by atoms with E-state index >= 15 is 0 Å². The molecule has 0 saturated carbocycles. The molecule has 0 spiro atoms. The fourth-order valence-electron chi connectivity index (χ4n) is 11.2. The molecule has 0 rings (SSSR count). The highest BCUT2D eigenvalue weighted by Crippen LogP contribution is 2.45. The summed E-state index contributed by atoms with van der Waals surface area (Å²) in [7, 11) is -9.95.